The predicted molar refractivity (Wildman–Crippen MR) is 43.4 cm³/mol. The van der Waals surface area contributed by atoms with Crippen LogP contribution in [0.2, 0.25) is 0 Å². The van der Waals surface area contributed by atoms with Crippen molar-refractivity contribution in [1.82, 2.24) is 4.98 Å². The van der Waals surface area contributed by atoms with Crippen LogP contribution in [0.3, 0.4) is 0 Å². The second-order valence-electron chi connectivity index (χ2n) is 2.60. The molecule has 0 radical (unpaired) electrons. The summed E-state index contributed by atoms with van der Waals surface area (Å²) in [7, 11) is 1.66. The number of hydrogen-bond donors (Lipinski definition) is 1. The van der Waals surface area contributed by atoms with Crippen LogP contribution in [0.4, 0.5) is 14.5 Å². The van der Waals surface area contributed by atoms with Crippen molar-refractivity contribution in [2.75, 3.05) is 12.4 Å². The molecule has 2 nitrogen and oxygen atoms in total. The van der Waals surface area contributed by atoms with Crippen LogP contribution in [0, 0.1) is 0 Å². The molecule has 1 N–H and O–H groups in total. The molecule has 4 heteroatoms. The zero-order valence-electron chi connectivity index (χ0n) is 6.94. The van der Waals surface area contributed by atoms with Crippen LogP contribution in [0.5, 0.6) is 0 Å². The second-order valence-corrected chi connectivity index (χ2v) is 2.60. The summed E-state index contributed by atoms with van der Waals surface area (Å²) in [5, 5.41) is 2.74. The quantitative estimate of drug-likeness (QED) is 0.739. The smallest absolute Gasteiger partial charge is 0.272 e. The highest BCUT2D eigenvalue weighted by Crippen LogP contribution is 2.27. The van der Waals surface area contributed by atoms with Crippen molar-refractivity contribution in [2.24, 2.45) is 0 Å². The van der Waals surface area contributed by atoms with Crippen LogP contribution in [-0.4, -0.2) is 12.0 Å². The third-order valence-corrected chi connectivity index (χ3v) is 1.53. The molecule has 1 heterocycles. The van der Waals surface area contributed by atoms with Gasteiger partial charge in [-0.25, -0.2) is 8.78 Å². The van der Waals surface area contributed by atoms with Crippen LogP contribution >= 0.6 is 0 Å². The summed E-state index contributed by atoms with van der Waals surface area (Å²) in [5.41, 5.74) is 0.517. The summed E-state index contributed by atoms with van der Waals surface area (Å²) in [6.45, 7) is 0.851. The topological polar surface area (TPSA) is 24.9 Å². The summed E-state index contributed by atoms with van der Waals surface area (Å²) in [5.74, 6) is -2.82. The molecule has 12 heavy (non-hydrogen) atoms. The highest BCUT2D eigenvalue weighted by molar-refractivity contribution is 5.42. The number of nitrogens with one attached hydrogen (secondary N) is 1. The van der Waals surface area contributed by atoms with Crippen molar-refractivity contribution >= 4 is 5.69 Å². The van der Waals surface area contributed by atoms with Gasteiger partial charge in [0.15, 0.2) is 0 Å². The van der Waals surface area contributed by atoms with Gasteiger partial charge in [-0.1, -0.05) is 0 Å². The normalized spacial score (nSPS) is 11.3. The molecule has 1 rings (SSSR count). The SMILES string of the molecule is CNc1cncc(C(C)(F)F)c1. The van der Waals surface area contributed by atoms with Crippen molar-refractivity contribution in [3.05, 3.63) is 24.0 Å². The lowest BCUT2D eigenvalue weighted by Gasteiger charge is -2.10. The van der Waals surface area contributed by atoms with E-state index in [0.29, 0.717) is 5.69 Å². The minimum absolute atomic E-state index is 0.0747. The number of hydrogen-bond acceptors (Lipinski definition) is 2. The maximum atomic E-state index is 12.7. The predicted octanol–water partition coefficient (Wildman–Crippen LogP) is 2.24. The molecule has 0 amide bonds. The van der Waals surface area contributed by atoms with Gasteiger partial charge < -0.3 is 5.32 Å². The van der Waals surface area contributed by atoms with Gasteiger partial charge in [0.1, 0.15) is 0 Å². The third kappa shape index (κ3) is 1.90. The fourth-order valence-corrected chi connectivity index (χ4v) is 0.817. The fourth-order valence-electron chi connectivity index (χ4n) is 0.817. The van der Waals surface area contributed by atoms with E-state index in [1.165, 1.54) is 18.5 Å². The first-order valence-electron chi connectivity index (χ1n) is 3.55. The van der Waals surface area contributed by atoms with E-state index in [4.69, 9.17) is 0 Å². The Kier molecular flexibility index (Phi) is 2.26. The highest BCUT2D eigenvalue weighted by atomic mass is 19.3. The highest BCUT2D eigenvalue weighted by Gasteiger charge is 2.24. The first kappa shape index (κ1) is 8.90. The minimum Gasteiger partial charge on any atom is -0.387 e. The first-order chi connectivity index (χ1) is 5.54. The number of alkyl halides is 2. The molecule has 0 unspecified atom stereocenters. The summed E-state index contributed by atoms with van der Waals surface area (Å²) in [6, 6.07) is 1.38. The molecule has 0 aliphatic heterocycles. The summed E-state index contributed by atoms with van der Waals surface area (Å²) >= 11 is 0. The van der Waals surface area contributed by atoms with Gasteiger partial charge in [-0.3, -0.25) is 4.98 Å². The number of pyridine rings is 1. The van der Waals surface area contributed by atoms with Crippen molar-refractivity contribution in [3.63, 3.8) is 0 Å². The van der Waals surface area contributed by atoms with Crippen LogP contribution in [-0.2, 0) is 5.92 Å². The Bertz CT molecular complexity index is 268. The molecular weight excluding hydrogens is 162 g/mol. The molecule has 1 aromatic heterocycles. The molecule has 0 aromatic carbocycles. The molecule has 0 spiro atoms. The zero-order chi connectivity index (χ0) is 9.19. The van der Waals surface area contributed by atoms with Crippen LogP contribution in [0.25, 0.3) is 0 Å². The van der Waals surface area contributed by atoms with Crippen molar-refractivity contribution < 1.29 is 8.78 Å². The molecule has 0 fully saturated rings. The lowest BCUT2D eigenvalue weighted by atomic mass is 10.1. The van der Waals surface area contributed by atoms with Crippen LogP contribution < -0.4 is 5.32 Å². The summed E-state index contributed by atoms with van der Waals surface area (Å²) in [4.78, 5) is 3.68. The van der Waals surface area contributed by atoms with Crippen LogP contribution in [0.15, 0.2) is 18.5 Å². The van der Waals surface area contributed by atoms with E-state index in [1.54, 1.807) is 7.05 Å². The van der Waals surface area contributed by atoms with Crippen molar-refractivity contribution in [1.29, 1.82) is 0 Å². The lowest BCUT2D eigenvalue weighted by molar-refractivity contribution is 0.0172. The molecule has 66 valence electrons. The minimum atomic E-state index is -2.82. The van der Waals surface area contributed by atoms with E-state index in [-0.39, 0.29) is 5.56 Å². The molecular formula is C8H10F2N2. The fraction of sp³-hybridized carbons (Fsp3) is 0.375. The Hall–Kier alpha value is -1.19. The number of aromatic nitrogens is 1. The Morgan fingerprint density at radius 1 is 1.42 bits per heavy atom. The molecule has 0 saturated heterocycles. The summed E-state index contributed by atoms with van der Waals surface area (Å²) in [6.07, 6.45) is 2.66. The average Bonchev–Trinajstić information content (AvgIpc) is 2.03. The first-order valence-corrected chi connectivity index (χ1v) is 3.55. The van der Waals surface area contributed by atoms with E-state index in [0.717, 1.165) is 6.92 Å². The number of anilines is 1. The van der Waals surface area contributed by atoms with E-state index in [9.17, 15) is 8.78 Å². The zero-order valence-corrected chi connectivity index (χ0v) is 6.94. The van der Waals surface area contributed by atoms with Crippen LogP contribution in [0.1, 0.15) is 12.5 Å². The van der Waals surface area contributed by atoms with Gasteiger partial charge in [0, 0.05) is 31.9 Å². The summed E-state index contributed by atoms with van der Waals surface area (Å²) < 4.78 is 25.4. The Morgan fingerprint density at radius 2 is 2.08 bits per heavy atom. The van der Waals surface area contributed by atoms with Crippen molar-refractivity contribution in [3.8, 4) is 0 Å². The third-order valence-electron chi connectivity index (χ3n) is 1.53. The van der Waals surface area contributed by atoms with Gasteiger partial charge in [-0.15, -0.1) is 0 Å². The van der Waals surface area contributed by atoms with Gasteiger partial charge >= 0.3 is 0 Å². The number of rotatable bonds is 2. The largest absolute Gasteiger partial charge is 0.387 e. The number of halogens is 2. The lowest BCUT2D eigenvalue weighted by Crippen LogP contribution is -2.07. The maximum absolute atomic E-state index is 12.7. The van der Waals surface area contributed by atoms with E-state index < -0.39 is 5.92 Å². The van der Waals surface area contributed by atoms with Gasteiger partial charge in [-0.05, 0) is 6.07 Å². The van der Waals surface area contributed by atoms with Crippen molar-refractivity contribution in [2.45, 2.75) is 12.8 Å². The molecule has 0 atom stereocenters. The molecule has 0 aliphatic rings. The molecule has 0 bridgehead atoms. The Morgan fingerprint density at radius 3 is 2.58 bits per heavy atom. The Balaban J connectivity index is 3.02. The standard InChI is InChI=1S/C8H10F2N2/c1-8(9,10)6-3-7(11-2)5-12-4-6/h3-5,11H,1-2H3. The molecule has 0 saturated carbocycles. The van der Waals surface area contributed by atoms with Gasteiger partial charge in [-0.2, -0.15) is 0 Å². The van der Waals surface area contributed by atoms with Gasteiger partial charge in [0.25, 0.3) is 5.92 Å². The Labute approximate surface area is 69.6 Å². The van der Waals surface area contributed by atoms with Gasteiger partial charge in [0.2, 0.25) is 0 Å². The van der Waals surface area contributed by atoms with E-state index in [1.807, 2.05) is 0 Å². The maximum Gasteiger partial charge on any atom is 0.272 e. The van der Waals surface area contributed by atoms with E-state index in [2.05, 4.69) is 10.3 Å². The average molecular weight is 172 g/mol. The monoisotopic (exact) mass is 172 g/mol. The number of nitrogens with zero attached hydrogens (tertiary/aromatic N) is 1. The van der Waals surface area contributed by atoms with E-state index >= 15 is 0 Å². The molecule has 0 aliphatic carbocycles. The second kappa shape index (κ2) is 3.05. The molecule has 1 aromatic rings. The van der Waals surface area contributed by atoms with Gasteiger partial charge in [0.05, 0.1) is 5.69 Å².